The van der Waals surface area contributed by atoms with Crippen molar-refractivity contribution in [3.8, 4) is 0 Å². The second kappa shape index (κ2) is 7.33. The van der Waals surface area contributed by atoms with Gasteiger partial charge in [0.1, 0.15) is 0 Å². The van der Waals surface area contributed by atoms with Crippen molar-refractivity contribution in [3.63, 3.8) is 0 Å². The van der Waals surface area contributed by atoms with Crippen LogP contribution in [0.3, 0.4) is 0 Å². The van der Waals surface area contributed by atoms with E-state index in [4.69, 9.17) is 16.7 Å². The number of halogens is 1. The number of carbonyl (C=O) groups excluding carboxylic acids is 1. The number of rotatable bonds is 5. The van der Waals surface area contributed by atoms with Crippen molar-refractivity contribution in [1.29, 1.82) is 0 Å². The molecule has 1 aliphatic rings. The van der Waals surface area contributed by atoms with Crippen molar-refractivity contribution in [2.45, 2.75) is 18.6 Å². The summed E-state index contributed by atoms with van der Waals surface area (Å²) < 4.78 is 0.757. The van der Waals surface area contributed by atoms with Crippen LogP contribution >= 0.6 is 34.7 Å². The van der Waals surface area contributed by atoms with Gasteiger partial charge in [-0.25, -0.2) is 0 Å². The van der Waals surface area contributed by atoms with Crippen LogP contribution in [0.4, 0.5) is 0 Å². The van der Waals surface area contributed by atoms with Crippen molar-refractivity contribution in [2.75, 3.05) is 18.8 Å². The topological polar surface area (TPSA) is 57.6 Å². The van der Waals surface area contributed by atoms with E-state index in [0.717, 1.165) is 21.4 Å². The van der Waals surface area contributed by atoms with Gasteiger partial charge >= 0.3 is 5.97 Å². The van der Waals surface area contributed by atoms with E-state index in [1.54, 1.807) is 16.7 Å². The molecule has 1 fully saturated rings. The zero-order valence-corrected chi connectivity index (χ0v) is 13.3. The molecule has 1 saturated heterocycles. The highest BCUT2D eigenvalue weighted by Gasteiger charge is 2.27. The van der Waals surface area contributed by atoms with E-state index in [0.29, 0.717) is 25.3 Å². The number of hydrogen-bond donors (Lipinski definition) is 1. The molecule has 0 saturated carbocycles. The third-order valence-electron chi connectivity index (χ3n) is 3.22. The van der Waals surface area contributed by atoms with Gasteiger partial charge in [0.2, 0.25) is 5.91 Å². The molecule has 4 nitrogen and oxygen atoms in total. The van der Waals surface area contributed by atoms with Crippen molar-refractivity contribution in [3.05, 3.63) is 21.3 Å². The number of carbonyl (C=O) groups is 2. The third kappa shape index (κ3) is 4.40. The highest BCUT2D eigenvalue weighted by Crippen LogP contribution is 2.25. The van der Waals surface area contributed by atoms with Gasteiger partial charge in [-0.1, -0.05) is 11.6 Å². The number of carboxylic acids is 1. The van der Waals surface area contributed by atoms with E-state index in [-0.39, 0.29) is 5.91 Å². The summed E-state index contributed by atoms with van der Waals surface area (Å²) in [5, 5.41) is 9.01. The first-order valence-corrected chi connectivity index (χ1v) is 8.73. The van der Waals surface area contributed by atoms with Gasteiger partial charge in [0.05, 0.1) is 16.0 Å². The molecule has 2 heterocycles. The minimum atomic E-state index is -0.802. The van der Waals surface area contributed by atoms with Crippen LogP contribution in [-0.4, -0.2) is 40.7 Å². The van der Waals surface area contributed by atoms with Crippen molar-refractivity contribution in [1.82, 2.24) is 4.90 Å². The molecule has 1 aromatic rings. The molecule has 1 atom stereocenters. The van der Waals surface area contributed by atoms with Crippen molar-refractivity contribution < 1.29 is 14.7 Å². The van der Waals surface area contributed by atoms with E-state index in [1.807, 2.05) is 12.1 Å². The minimum absolute atomic E-state index is 0.0311. The van der Waals surface area contributed by atoms with Crippen LogP contribution in [0, 0.1) is 5.92 Å². The summed E-state index contributed by atoms with van der Waals surface area (Å²) in [6.07, 6.45) is 1.44. The van der Waals surface area contributed by atoms with Gasteiger partial charge in [0, 0.05) is 23.7 Å². The Hall–Kier alpha value is -0.720. The first-order valence-electron chi connectivity index (χ1n) is 6.39. The predicted molar refractivity (Wildman–Crippen MR) is 82.4 cm³/mol. The van der Waals surface area contributed by atoms with Gasteiger partial charge in [0.15, 0.2) is 0 Å². The summed E-state index contributed by atoms with van der Waals surface area (Å²) in [4.78, 5) is 25.8. The standard InChI is InChI=1S/C13H16ClNO3S2/c14-11-4-3-10(20-11)7-19-8-12(16)15-5-1-2-9(6-15)13(17)18/h3-4,9H,1-2,5-8H2,(H,17,18). The smallest absolute Gasteiger partial charge is 0.308 e. The van der Waals surface area contributed by atoms with Crippen LogP contribution in [-0.2, 0) is 15.3 Å². The van der Waals surface area contributed by atoms with Gasteiger partial charge in [-0.05, 0) is 25.0 Å². The number of carboxylic acid groups (broad SMARTS) is 1. The molecule has 1 unspecified atom stereocenters. The number of piperidine rings is 1. The maximum Gasteiger partial charge on any atom is 0.308 e. The van der Waals surface area contributed by atoms with Crippen LogP contribution in [0.1, 0.15) is 17.7 Å². The summed E-state index contributed by atoms with van der Waals surface area (Å²) in [6.45, 7) is 1.02. The number of likely N-dealkylation sites (tertiary alicyclic amines) is 1. The van der Waals surface area contributed by atoms with Crippen LogP contribution in [0.2, 0.25) is 4.34 Å². The predicted octanol–water partition coefficient (Wildman–Crippen LogP) is 2.96. The summed E-state index contributed by atoms with van der Waals surface area (Å²) >= 11 is 8.91. The van der Waals surface area contributed by atoms with Gasteiger partial charge in [0.25, 0.3) is 0 Å². The molecule has 1 N–H and O–H groups in total. The summed E-state index contributed by atoms with van der Waals surface area (Å²) in [5.41, 5.74) is 0. The fraction of sp³-hybridized carbons (Fsp3) is 0.538. The maximum atomic E-state index is 12.1. The first kappa shape index (κ1) is 15.7. The molecular formula is C13H16ClNO3S2. The number of hydrogen-bond acceptors (Lipinski definition) is 4. The number of thioether (sulfide) groups is 1. The summed E-state index contributed by atoms with van der Waals surface area (Å²) in [6, 6.07) is 3.82. The molecule has 0 radical (unpaired) electrons. The maximum absolute atomic E-state index is 12.1. The van der Waals surface area contributed by atoms with Crippen molar-refractivity contribution in [2.24, 2.45) is 5.92 Å². The van der Waals surface area contributed by atoms with E-state index >= 15 is 0 Å². The Morgan fingerprint density at radius 2 is 2.30 bits per heavy atom. The lowest BCUT2D eigenvalue weighted by atomic mass is 9.98. The lowest BCUT2D eigenvalue weighted by Crippen LogP contribution is -2.43. The monoisotopic (exact) mass is 333 g/mol. The van der Waals surface area contributed by atoms with Crippen molar-refractivity contribution >= 4 is 46.6 Å². The minimum Gasteiger partial charge on any atom is -0.481 e. The van der Waals surface area contributed by atoms with Crippen LogP contribution in [0.25, 0.3) is 0 Å². The molecule has 2 rings (SSSR count). The Kier molecular flexibility index (Phi) is 5.74. The summed E-state index contributed by atoms with van der Waals surface area (Å²) in [7, 11) is 0. The largest absolute Gasteiger partial charge is 0.481 e. The van der Waals surface area contributed by atoms with E-state index in [9.17, 15) is 9.59 Å². The number of thiophene rings is 1. The van der Waals surface area contributed by atoms with E-state index < -0.39 is 11.9 Å². The number of aliphatic carboxylic acids is 1. The highest BCUT2D eigenvalue weighted by molar-refractivity contribution is 7.99. The molecule has 0 aliphatic carbocycles. The lowest BCUT2D eigenvalue weighted by molar-refractivity contribution is -0.145. The molecule has 20 heavy (non-hydrogen) atoms. The molecule has 0 spiro atoms. The number of amides is 1. The summed E-state index contributed by atoms with van der Waals surface area (Å²) in [5.74, 6) is -0.0259. The lowest BCUT2D eigenvalue weighted by Gasteiger charge is -2.30. The molecule has 110 valence electrons. The zero-order chi connectivity index (χ0) is 14.5. The molecule has 1 amide bonds. The second-order valence-electron chi connectivity index (χ2n) is 4.72. The fourth-order valence-corrected chi connectivity index (χ4v) is 4.29. The number of nitrogens with zero attached hydrogens (tertiary/aromatic N) is 1. The Balaban J connectivity index is 1.75. The molecule has 0 aromatic carbocycles. The second-order valence-corrected chi connectivity index (χ2v) is 7.50. The molecular weight excluding hydrogens is 318 g/mol. The fourth-order valence-electron chi connectivity index (χ4n) is 2.16. The van der Waals surface area contributed by atoms with E-state index in [1.165, 1.54) is 11.3 Å². The molecule has 7 heteroatoms. The Morgan fingerprint density at radius 1 is 1.50 bits per heavy atom. The van der Waals surface area contributed by atoms with E-state index in [2.05, 4.69) is 0 Å². The van der Waals surface area contributed by atoms with Crippen LogP contribution in [0.5, 0.6) is 0 Å². The molecule has 0 bridgehead atoms. The van der Waals surface area contributed by atoms with Gasteiger partial charge in [-0.3, -0.25) is 9.59 Å². The van der Waals surface area contributed by atoms with Crippen LogP contribution < -0.4 is 0 Å². The zero-order valence-electron chi connectivity index (χ0n) is 10.9. The third-order valence-corrected chi connectivity index (χ3v) is 5.60. The SMILES string of the molecule is O=C(O)C1CCCN(C(=O)CSCc2ccc(Cl)s2)C1. The Labute approximate surface area is 131 Å². The van der Waals surface area contributed by atoms with Gasteiger partial charge in [-0.15, -0.1) is 23.1 Å². The highest BCUT2D eigenvalue weighted by atomic mass is 35.5. The Morgan fingerprint density at radius 3 is 2.95 bits per heavy atom. The quantitative estimate of drug-likeness (QED) is 0.900. The molecule has 1 aliphatic heterocycles. The Bertz CT molecular complexity index is 492. The van der Waals surface area contributed by atoms with Gasteiger partial charge in [-0.2, -0.15) is 0 Å². The first-order chi connectivity index (χ1) is 9.56. The molecule has 1 aromatic heterocycles. The average molecular weight is 334 g/mol. The average Bonchev–Trinajstić information content (AvgIpc) is 2.84. The van der Waals surface area contributed by atoms with Gasteiger partial charge < -0.3 is 10.0 Å². The normalized spacial score (nSPS) is 19.1. The van der Waals surface area contributed by atoms with Crippen LogP contribution in [0.15, 0.2) is 12.1 Å².